The van der Waals surface area contributed by atoms with Gasteiger partial charge in [-0.25, -0.2) is 4.79 Å². The number of halogens is 1. The van der Waals surface area contributed by atoms with E-state index in [-0.39, 0.29) is 24.5 Å². The molecule has 1 aliphatic rings. The van der Waals surface area contributed by atoms with Crippen LogP contribution in [0.25, 0.3) is 6.08 Å². The Morgan fingerprint density at radius 2 is 1.90 bits per heavy atom. The maximum absolute atomic E-state index is 11.7. The fraction of sp³-hybridized carbons (Fsp3) is 0.471. The van der Waals surface area contributed by atoms with Crippen LogP contribution in [0.2, 0.25) is 0 Å². The highest BCUT2D eigenvalue weighted by atomic mass is 35.5. The van der Waals surface area contributed by atoms with Crippen LogP contribution in [0.1, 0.15) is 31.7 Å². The standard InChI is InChI=1S/C17H23NO2.ClH/c1-15(14-18-12-6-3-7-13-18)20-17(19)11-10-16-8-4-2-5-9-16;/h2,4-5,8-11,15H,3,6-7,12-14H2,1H3;1H. The Morgan fingerprint density at radius 1 is 1.24 bits per heavy atom. The third kappa shape index (κ3) is 6.78. The van der Waals surface area contributed by atoms with Crippen LogP contribution < -0.4 is 0 Å². The van der Waals surface area contributed by atoms with Crippen LogP contribution in [0.4, 0.5) is 0 Å². The molecule has 116 valence electrons. The lowest BCUT2D eigenvalue weighted by atomic mass is 10.1. The summed E-state index contributed by atoms with van der Waals surface area (Å²) in [7, 11) is 0. The first-order chi connectivity index (χ1) is 9.74. The molecule has 0 amide bonds. The number of likely N-dealkylation sites (tertiary alicyclic amines) is 1. The molecule has 1 aliphatic heterocycles. The van der Waals surface area contributed by atoms with Gasteiger partial charge in [-0.2, -0.15) is 0 Å². The van der Waals surface area contributed by atoms with Crippen molar-refractivity contribution in [1.29, 1.82) is 0 Å². The predicted octanol–water partition coefficient (Wildman–Crippen LogP) is 3.54. The molecule has 1 unspecified atom stereocenters. The topological polar surface area (TPSA) is 29.5 Å². The number of hydrogen-bond acceptors (Lipinski definition) is 3. The van der Waals surface area contributed by atoms with E-state index in [2.05, 4.69) is 4.90 Å². The number of esters is 1. The van der Waals surface area contributed by atoms with Crippen molar-refractivity contribution in [3.8, 4) is 0 Å². The minimum Gasteiger partial charge on any atom is -0.458 e. The number of ether oxygens (including phenoxy) is 1. The molecule has 0 aromatic heterocycles. The van der Waals surface area contributed by atoms with E-state index in [4.69, 9.17) is 4.74 Å². The largest absolute Gasteiger partial charge is 0.458 e. The summed E-state index contributed by atoms with van der Waals surface area (Å²) in [5.41, 5.74) is 1.01. The average Bonchev–Trinajstić information content (AvgIpc) is 2.47. The number of nitrogens with zero attached hydrogens (tertiary/aromatic N) is 1. The van der Waals surface area contributed by atoms with Crippen molar-refractivity contribution in [2.75, 3.05) is 19.6 Å². The van der Waals surface area contributed by atoms with E-state index >= 15 is 0 Å². The fourth-order valence-corrected chi connectivity index (χ4v) is 2.51. The zero-order valence-electron chi connectivity index (χ0n) is 12.5. The minimum atomic E-state index is -0.265. The number of carbonyl (C=O) groups is 1. The van der Waals surface area contributed by atoms with E-state index in [9.17, 15) is 4.79 Å². The van der Waals surface area contributed by atoms with E-state index in [0.717, 1.165) is 25.2 Å². The molecule has 0 radical (unpaired) electrons. The molecule has 1 aromatic rings. The van der Waals surface area contributed by atoms with Crippen molar-refractivity contribution in [2.24, 2.45) is 0 Å². The van der Waals surface area contributed by atoms with Crippen molar-refractivity contribution in [3.05, 3.63) is 42.0 Å². The Morgan fingerprint density at radius 3 is 2.57 bits per heavy atom. The van der Waals surface area contributed by atoms with Crippen molar-refractivity contribution in [1.82, 2.24) is 4.90 Å². The first-order valence-corrected chi connectivity index (χ1v) is 7.40. The zero-order chi connectivity index (χ0) is 14.2. The van der Waals surface area contributed by atoms with Crippen LogP contribution in [-0.4, -0.2) is 36.6 Å². The third-order valence-electron chi connectivity index (χ3n) is 3.49. The van der Waals surface area contributed by atoms with Gasteiger partial charge in [-0.3, -0.25) is 4.90 Å². The van der Waals surface area contributed by atoms with E-state index < -0.39 is 0 Å². The number of hydrogen-bond donors (Lipinski definition) is 0. The minimum absolute atomic E-state index is 0. The Kier molecular flexibility index (Phi) is 8.09. The number of rotatable bonds is 5. The van der Waals surface area contributed by atoms with Gasteiger partial charge in [0.1, 0.15) is 6.10 Å². The molecule has 0 bridgehead atoms. The van der Waals surface area contributed by atoms with Gasteiger partial charge in [0.15, 0.2) is 0 Å². The summed E-state index contributed by atoms with van der Waals surface area (Å²) in [6, 6.07) is 9.77. The van der Waals surface area contributed by atoms with Gasteiger partial charge in [0.25, 0.3) is 0 Å². The first kappa shape index (κ1) is 17.7. The molecule has 0 N–H and O–H groups in total. The summed E-state index contributed by atoms with van der Waals surface area (Å²) in [6.45, 7) is 5.05. The highest BCUT2D eigenvalue weighted by Crippen LogP contribution is 2.10. The van der Waals surface area contributed by atoms with Crippen molar-refractivity contribution >= 4 is 24.5 Å². The van der Waals surface area contributed by atoms with E-state index in [1.54, 1.807) is 6.08 Å². The molecule has 1 aromatic carbocycles. The molecule has 21 heavy (non-hydrogen) atoms. The molecule has 1 saturated heterocycles. The van der Waals surface area contributed by atoms with E-state index in [1.165, 1.54) is 25.3 Å². The van der Waals surface area contributed by atoms with Gasteiger partial charge in [0.2, 0.25) is 0 Å². The molecule has 0 spiro atoms. The zero-order valence-corrected chi connectivity index (χ0v) is 13.3. The maximum Gasteiger partial charge on any atom is 0.331 e. The summed E-state index contributed by atoms with van der Waals surface area (Å²) in [5.74, 6) is -0.265. The van der Waals surface area contributed by atoms with Crippen LogP contribution in [0.5, 0.6) is 0 Å². The normalized spacial score (nSPS) is 17.2. The van der Waals surface area contributed by atoms with Crippen LogP contribution in [0.3, 0.4) is 0 Å². The molecular formula is C17H24ClNO2. The molecule has 2 rings (SSSR count). The van der Waals surface area contributed by atoms with E-state index in [1.807, 2.05) is 37.3 Å². The predicted molar refractivity (Wildman–Crippen MR) is 88.6 cm³/mol. The smallest absolute Gasteiger partial charge is 0.331 e. The lowest BCUT2D eigenvalue weighted by Gasteiger charge is -2.28. The Bertz CT molecular complexity index is 441. The Balaban J connectivity index is 0.00000220. The lowest BCUT2D eigenvalue weighted by Crippen LogP contribution is -2.36. The second-order valence-electron chi connectivity index (χ2n) is 5.35. The van der Waals surface area contributed by atoms with Gasteiger partial charge in [0.05, 0.1) is 0 Å². The summed E-state index contributed by atoms with van der Waals surface area (Å²) in [4.78, 5) is 14.1. The van der Waals surface area contributed by atoms with Gasteiger partial charge < -0.3 is 4.74 Å². The van der Waals surface area contributed by atoms with Crippen LogP contribution in [0.15, 0.2) is 36.4 Å². The van der Waals surface area contributed by atoms with Crippen molar-refractivity contribution in [2.45, 2.75) is 32.3 Å². The number of benzene rings is 1. The van der Waals surface area contributed by atoms with Crippen LogP contribution in [-0.2, 0) is 9.53 Å². The number of piperidine rings is 1. The fourth-order valence-electron chi connectivity index (χ4n) is 2.51. The third-order valence-corrected chi connectivity index (χ3v) is 3.49. The molecular weight excluding hydrogens is 286 g/mol. The molecule has 3 nitrogen and oxygen atoms in total. The summed E-state index contributed by atoms with van der Waals surface area (Å²) >= 11 is 0. The lowest BCUT2D eigenvalue weighted by molar-refractivity contribution is -0.143. The van der Waals surface area contributed by atoms with Crippen LogP contribution >= 0.6 is 12.4 Å². The quantitative estimate of drug-likeness (QED) is 0.615. The summed E-state index contributed by atoms with van der Waals surface area (Å²) < 4.78 is 5.41. The molecule has 4 heteroatoms. The number of carbonyl (C=O) groups excluding carboxylic acids is 1. The van der Waals surface area contributed by atoms with Gasteiger partial charge in [-0.15, -0.1) is 12.4 Å². The van der Waals surface area contributed by atoms with Gasteiger partial charge in [0, 0.05) is 12.6 Å². The SMILES string of the molecule is CC(CN1CCCCC1)OC(=O)C=Cc1ccccc1.Cl. The molecule has 0 aliphatic carbocycles. The molecule has 1 atom stereocenters. The average molecular weight is 310 g/mol. The first-order valence-electron chi connectivity index (χ1n) is 7.40. The highest BCUT2D eigenvalue weighted by Gasteiger charge is 2.15. The molecule has 0 saturated carbocycles. The Hall–Kier alpha value is -1.32. The van der Waals surface area contributed by atoms with Crippen molar-refractivity contribution in [3.63, 3.8) is 0 Å². The van der Waals surface area contributed by atoms with E-state index in [0.29, 0.717) is 0 Å². The van der Waals surface area contributed by atoms with Gasteiger partial charge >= 0.3 is 5.97 Å². The van der Waals surface area contributed by atoms with Crippen LogP contribution in [0, 0.1) is 0 Å². The summed E-state index contributed by atoms with van der Waals surface area (Å²) in [6.07, 6.45) is 7.08. The highest BCUT2D eigenvalue weighted by molar-refractivity contribution is 5.87. The molecule has 1 fully saturated rings. The Labute approximate surface area is 133 Å². The second kappa shape index (κ2) is 9.59. The molecule has 1 heterocycles. The second-order valence-corrected chi connectivity index (χ2v) is 5.35. The van der Waals surface area contributed by atoms with Crippen molar-refractivity contribution < 1.29 is 9.53 Å². The maximum atomic E-state index is 11.7. The van der Waals surface area contributed by atoms with Gasteiger partial charge in [-0.05, 0) is 44.5 Å². The summed E-state index contributed by atoms with van der Waals surface area (Å²) in [5, 5.41) is 0. The van der Waals surface area contributed by atoms with Gasteiger partial charge in [-0.1, -0.05) is 36.8 Å². The monoisotopic (exact) mass is 309 g/mol.